The Bertz CT molecular complexity index is 68.6. The van der Waals surface area contributed by atoms with E-state index in [0.29, 0.717) is 11.8 Å². The normalized spacial score (nSPS) is 39.4. The first-order valence-electron chi connectivity index (χ1n) is 2.86. The van der Waals surface area contributed by atoms with Crippen LogP contribution in [0.3, 0.4) is 0 Å². The molecular weight excluding hydrogens is 91.1 g/mol. The van der Waals surface area contributed by atoms with Crippen molar-refractivity contribution in [2.24, 2.45) is 11.8 Å². The summed E-state index contributed by atoms with van der Waals surface area (Å²) < 4.78 is 12.0. The minimum absolute atomic E-state index is 0.403. The summed E-state index contributed by atoms with van der Waals surface area (Å²) in [6.07, 6.45) is 0.359. The average molecular weight is 102 g/mol. The van der Waals surface area contributed by atoms with Crippen LogP contribution in [-0.4, -0.2) is 6.17 Å². The molecule has 0 aromatic rings. The van der Waals surface area contributed by atoms with Crippen LogP contribution in [0.5, 0.6) is 0 Å². The van der Waals surface area contributed by atoms with Gasteiger partial charge in [-0.25, -0.2) is 4.39 Å². The van der Waals surface area contributed by atoms with E-state index < -0.39 is 6.17 Å². The average Bonchev–Trinajstić information content (AvgIpc) is 2.17. The fourth-order valence-corrected chi connectivity index (χ4v) is 0.871. The van der Waals surface area contributed by atoms with Gasteiger partial charge in [-0.15, -0.1) is 0 Å². The molecule has 0 heterocycles. The maximum Gasteiger partial charge on any atom is 0.104 e. The van der Waals surface area contributed by atoms with Gasteiger partial charge in [0.25, 0.3) is 0 Å². The zero-order chi connectivity index (χ0) is 5.44. The van der Waals surface area contributed by atoms with Crippen LogP contribution in [0.4, 0.5) is 4.39 Å². The molecular formula is C6H11F. The molecule has 2 atom stereocenters. The van der Waals surface area contributed by atoms with Gasteiger partial charge in [0, 0.05) is 0 Å². The van der Waals surface area contributed by atoms with Crippen molar-refractivity contribution in [2.75, 3.05) is 0 Å². The minimum Gasteiger partial charge on any atom is -0.247 e. The van der Waals surface area contributed by atoms with Crippen molar-refractivity contribution in [3.8, 4) is 0 Å². The van der Waals surface area contributed by atoms with Gasteiger partial charge in [-0.1, -0.05) is 13.8 Å². The van der Waals surface area contributed by atoms with E-state index in [-0.39, 0.29) is 0 Å². The fraction of sp³-hybridized carbons (Fsp3) is 1.00. The van der Waals surface area contributed by atoms with Crippen LogP contribution in [0.25, 0.3) is 0 Å². The summed E-state index contributed by atoms with van der Waals surface area (Å²) in [4.78, 5) is 0. The van der Waals surface area contributed by atoms with Gasteiger partial charge in [-0.2, -0.15) is 0 Å². The molecule has 1 aliphatic carbocycles. The summed E-state index contributed by atoms with van der Waals surface area (Å²) in [6.45, 7) is 4.15. The summed E-state index contributed by atoms with van der Waals surface area (Å²) in [5, 5.41) is 0. The van der Waals surface area contributed by atoms with Crippen LogP contribution in [-0.2, 0) is 0 Å². The first-order chi connectivity index (χ1) is 3.22. The largest absolute Gasteiger partial charge is 0.247 e. The van der Waals surface area contributed by atoms with Gasteiger partial charge in [0.05, 0.1) is 0 Å². The predicted molar refractivity (Wildman–Crippen MR) is 27.8 cm³/mol. The molecule has 1 heteroatoms. The molecule has 0 N–H and O–H groups in total. The second-order valence-corrected chi connectivity index (χ2v) is 2.66. The predicted octanol–water partition coefficient (Wildman–Crippen LogP) is 2.00. The molecule has 0 unspecified atom stereocenters. The minimum atomic E-state index is -0.458. The Kier molecular flexibility index (Phi) is 1.06. The molecule has 1 aliphatic rings. The lowest BCUT2D eigenvalue weighted by Crippen LogP contribution is -1.90. The third kappa shape index (κ3) is 0.929. The molecule has 0 aromatic heterocycles. The zero-order valence-corrected chi connectivity index (χ0v) is 4.82. The van der Waals surface area contributed by atoms with E-state index in [1.165, 1.54) is 0 Å². The quantitative estimate of drug-likeness (QED) is 0.475. The van der Waals surface area contributed by atoms with E-state index in [9.17, 15) is 4.39 Å². The van der Waals surface area contributed by atoms with Crippen LogP contribution in [0.15, 0.2) is 0 Å². The summed E-state index contributed by atoms with van der Waals surface area (Å²) in [6, 6.07) is 0. The number of hydrogen-bond acceptors (Lipinski definition) is 0. The molecule has 0 bridgehead atoms. The zero-order valence-electron chi connectivity index (χ0n) is 4.82. The highest BCUT2D eigenvalue weighted by molar-refractivity contribution is 4.87. The van der Waals surface area contributed by atoms with Gasteiger partial charge < -0.3 is 0 Å². The highest BCUT2D eigenvalue weighted by atomic mass is 19.1. The van der Waals surface area contributed by atoms with Crippen LogP contribution >= 0.6 is 0 Å². The van der Waals surface area contributed by atoms with Crippen molar-refractivity contribution in [1.29, 1.82) is 0 Å². The Morgan fingerprint density at radius 3 is 2.00 bits per heavy atom. The number of rotatable bonds is 1. The van der Waals surface area contributed by atoms with Gasteiger partial charge in [0.2, 0.25) is 0 Å². The molecule has 1 fully saturated rings. The molecule has 0 aromatic carbocycles. The van der Waals surface area contributed by atoms with E-state index in [2.05, 4.69) is 13.8 Å². The number of halogens is 1. The standard InChI is InChI=1S/C6H11F/c1-4(2)5-3-6(5)7/h4-6H,3H2,1-2H3/t5-,6-/m1/s1. The van der Waals surface area contributed by atoms with E-state index in [1.54, 1.807) is 0 Å². The SMILES string of the molecule is CC(C)[C@H]1C[C@H]1F. The smallest absolute Gasteiger partial charge is 0.104 e. The number of alkyl halides is 1. The molecule has 0 aliphatic heterocycles. The first kappa shape index (κ1) is 5.07. The lowest BCUT2D eigenvalue weighted by Gasteiger charge is -1.95. The third-order valence-corrected chi connectivity index (χ3v) is 1.62. The molecule has 0 nitrogen and oxygen atoms in total. The fourth-order valence-electron chi connectivity index (χ4n) is 0.871. The van der Waals surface area contributed by atoms with Gasteiger partial charge in [-0.05, 0) is 18.3 Å². The topological polar surface area (TPSA) is 0 Å². The third-order valence-electron chi connectivity index (χ3n) is 1.62. The van der Waals surface area contributed by atoms with Gasteiger partial charge in [-0.3, -0.25) is 0 Å². The highest BCUT2D eigenvalue weighted by Crippen LogP contribution is 2.39. The number of hydrogen-bond donors (Lipinski definition) is 0. The Hall–Kier alpha value is -0.0700. The maximum absolute atomic E-state index is 12.0. The van der Waals surface area contributed by atoms with E-state index in [1.807, 2.05) is 0 Å². The lowest BCUT2D eigenvalue weighted by atomic mass is 10.1. The molecule has 42 valence electrons. The molecule has 1 rings (SSSR count). The molecule has 1 saturated carbocycles. The molecule has 0 radical (unpaired) electrons. The van der Waals surface area contributed by atoms with Crippen molar-refractivity contribution in [3.63, 3.8) is 0 Å². The van der Waals surface area contributed by atoms with Crippen LogP contribution in [0, 0.1) is 11.8 Å². The van der Waals surface area contributed by atoms with E-state index in [4.69, 9.17) is 0 Å². The Morgan fingerprint density at radius 1 is 1.57 bits per heavy atom. The van der Waals surface area contributed by atoms with Crippen molar-refractivity contribution >= 4 is 0 Å². The second-order valence-electron chi connectivity index (χ2n) is 2.66. The maximum atomic E-state index is 12.0. The Labute approximate surface area is 43.7 Å². The highest BCUT2D eigenvalue weighted by Gasteiger charge is 2.39. The van der Waals surface area contributed by atoms with E-state index in [0.717, 1.165) is 6.42 Å². The van der Waals surface area contributed by atoms with Crippen molar-refractivity contribution in [2.45, 2.75) is 26.4 Å². The van der Waals surface area contributed by atoms with Crippen molar-refractivity contribution in [3.05, 3.63) is 0 Å². The van der Waals surface area contributed by atoms with Crippen LogP contribution in [0.2, 0.25) is 0 Å². The van der Waals surface area contributed by atoms with Gasteiger partial charge in [0.15, 0.2) is 0 Å². The second kappa shape index (κ2) is 1.46. The summed E-state index contributed by atoms with van der Waals surface area (Å²) in [7, 11) is 0. The van der Waals surface area contributed by atoms with Crippen LogP contribution < -0.4 is 0 Å². The summed E-state index contributed by atoms with van der Waals surface area (Å²) >= 11 is 0. The first-order valence-corrected chi connectivity index (χ1v) is 2.86. The van der Waals surface area contributed by atoms with Crippen molar-refractivity contribution < 1.29 is 4.39 Å². The molecule has 0 spiro atoms. The van der Waals surface area contributed by atoms with Crippen LogP contribution in [0.1, 0.15) is 20.3 Å². The van der Waals surface area contributed by atoms with Crippen molar-refractivity contribution in [1.82, 2.24) is 0 Å². The van der Waals surface area contributed by atoms with E-state index >= 15 is 0 Å². The van der Waals surface area contributed by atoms with Gasteiger partial charge >= 0.3 is 0 Å². The monoisotopic (exact) mass is 102 g/mol. The molecule has 7 heavy (non-hydrogen) atoms. The summed E-state index contributed by atoms with van der Waals surface area (Å²) in [5.74, 6) is 0.968. The Balaban J connectivity index is 2.20. The lowest BCUT2D eigenvalue weighted by molar-refractivity contribution is 0.403. The van der Waals surface area contributed by atoms with Gasteiger partial charge in [0.1, 0.15) is 6.17 Å². The summed E-state index contributed by atoms with van der Waals surface area (Å²) in [5.41, 5.74) is 0. The Morgan fingerprint density at radius 2 is 2.00 bits per heavy atom. The molecule has 0 saturated heterocycles. The molecule has 0 amide bonds.